The molecule has 0 bridgehead atoms. The molecule has 0 unspecified atom stereocenters. The third kappa shape index (κ3) is 3.22. The molecule has 0 atom stereocenters. The summed E-state index contributed by atoms with van der Waals surface area (Å²) >= 11 is 0. The largest absolute Gasteiger partial charge is 0.416 e. The number of amides is 2. The molecule has 6 heteroatoms. The summed E-state index contributed by atoms with van der Waals surface area (Å²) in [5, 5.41) is 0. The van der Waals surface area contributed by atoms with Crippen LogP contribution < -0.4 is 4.90 Å². The highest BCUT2D eigenvalue weighted by Gasteiger charge is 2.30. The first-order chi connectivity index (χ1) is 11.4. The number of alkyl halides is 3. The van der Waals surface area contributed by atoms with Crippen LogP contribution in [0.25, 0.3) is 0 Å². The van der Waals surface area contributed by atoms with Crippen molar-refractivity contribution < 1.29 is 18.0 Å². The van der Waals surface area contributed by atoms with E-state index in [4.69, 9.17) is 0 Å². The number of para-hydroxylation sites is 1. The monoisotopic (exact) mass is 334 g/mol. The number of carbonyl (C=O) groups excluding carboxylic acids is 1. The zero-order valence-electron chi connectivity index (χ0n) is 13.2. The van der Waals surface area contributed by atoms with E-state index in [1.807, 2.05) is 24.3 Å². The number of benzene rings is 2. The summed E-state index contributed by atoms with van der Waals surface area (Å²) in [5.41, 5.74) is 2.01. The summed E-state index contributed by atoms with van der Waals surface area (Å²) < 4.78 is 37.8. The van der Waals surface area contributed by atoms with Gasteiger partial charge in [0.2, 0.25) is 0 Å². The van der Waals surface area contributed by atoms with Gasteiger partial charge in [-0.25, -0.2) is 4.79 Å². The van der Waals surface area contributed by atoms with Gasteiger partial charge in [-0.1, -0.05) is 30.3 Å². The highest BCUT2D eigenvalue weighted by Crippen LogP contribution is 2.30. The van der Waals surface area contributed by atoms with Crippen LogP contribution in [0.2, 0.25) is 0 Å². The van der Waals surface area contributed by atoms with Gasteiger partial charge in [-0.05, 0) is 35.7 Å². The lowest BCUT2D eigenvalue weighted by atomic mass is 10.1. The molecule has 0 radical (unpaired) electrons. The van der Waals surface area contributed by atoms with Crippen molar-refractivity contribution >= 4 is 11.7 Å². The zero-order chi connectivity index (χ0) is 17.3. The molecule has 0 fully saturated rings. The standard InChI is InChI=1S/C18H17F3N2O/c1-22(12-13-6-8-15(9-7-13)18(19,20)21)17(24)23-11-10-14-4-2-3-5-16(14)23/h2-9H,10-12H2,1H3. The van der Waals surface area contributed by atoms with Crippen LogP contribution in [0, 0.1) is 0 Å². The molecular weight excluding hydrogens is 317 g/mol. The maximum Gasteiger partial charge on any atom is 0.416 e. The number of anilines is 1. The molecule has 0 saturated heterocycles. The summed E-state index contributed by atoms with van der Waals surface area (Å²) in [6.45, 7) is 0.880. The van der Waals surface area contributed by atoms with Crippen molar-refractivity contribution in [2.75, 3.05) is 18.5 Å². The Kier molecular flexibility index (Phi) is 4.22. The van der Waals surface area contributed by atoms with E-state index in [2.05, 4.69) is 0 Å². The second-order valence-corrected chi connectivity index (χ2v) is 5.86. The Balaban J connectivity index is 1.69. The van der Waals surface area contributed by atoms with Gasteiger partial charge in [0.1, 0.15) is 0 Å². The normalized spacial score (nSPS) is 13.8. The SMILES string of the molecule is CN(Cc1ccc(C(F)(F)F)cc1)C(=O)N1CCc2ccccc21. The molecule has 24 heavy (non-hydrogen) atoms. The molecule has 1 aliphatic heterocycles. The Morgan fingerprint density at radius 2 is 1.79 bits per heavy atom. The van der Waals surface area contributed by atoms with E-state index in [1.54, 1.807) is 11.9 Å². The first-order valence-corrected chi connectivity index (χ1v) is 7.63. The Bertz CT molecular complexity index is 741. The van der Waals surface area contributed by atoms with Gasteiger partial charge >= 0.3 is 12.2 Å². The van der Waals surface area contributed by atoms with Gasteiger partial charge in [0.05, 0.1) is 5.56 Å². The maximum absolute atomic E-state index is 12.6. The molecule has 0 saturated carbocycles. The second-order valence-electron chi connectivity index (χ2n) is 5.86. The fraction of sp³-hybridized carbons (Fsp3) is 0.278. The second kappa shape index (κ2) is 6.19. The molecular formula is C18H17F3N2O. The van der Waals surface area contributed by atoms with Crippen LogP contribution in [0.15, 0.2) is 48.5 Å². The summed E-state index contributed by atoms with van der Waals surface area (Å²) in [4.78, 5) is 15.8. The molecule has 0 aromatic heterocycles. The van der Waals surface area contributed by atoms with E-state index < -0.39 is 11.7 Å². The van der Waals surface area contributed by atoms with Crippen LogP contribution >= 0.6 is 0 Å². The highest BCUT2D eigenvalue weighted by molar-refractivity contribution is 5.94. The van der Waals surface area contributed by atoms with Crippen molar-refractivity contribution in [3.8, 4) is 0 Å². The number of carbonyl (C=O) groups is 1. The average molecular weight is 334 g/mol. The number of urea groups is 1. The number of rotatable bonds is 2. The van der Waals surface area contributed by atoms with Crippen molar-refractivity contribution in [1.82, 2.24) is 4.90 Å². The van der Waals surface area contributed by atoms with Gasteiger partial charge in [-0.15, -0.1) is 0 Å². The Morgan fingerprint density at radius 1 is 1.12 bits per heavy atom. The van der Waals surface area contributed by atoms with Gasteiger partial charge in [0.15, 0.2) is 0 Å². The van der Waals surface area contributed by atoms with Crippen LogP contribution in [0.1, 0.15) is 16.7 Å². The molecule has 1 aliphatic rings. The Hall–Kier alpha value is -2.50. The lowest BCUT2D eigenvalue weighted by molar-refractivity contribution is -0.137. The smallest absolute Gasteiger partial charge is 0.323 e. The van der Waals surface area contributed by atoms with Crippen LogP contribution in [0.4, 0.5) is 23.7 Å². The number of halogens is 3. The summed E-state index contributed by atoms with van der Waals surface area (Å²) in [7, 11) is 1.65. The lowest BCUT2D eigenvalue weighted by Gasteiger charge is -2.25. The molecule has 1 heterocycles. The fourth-order valence-corrected chi connectivity index (χ4v) is 2.88. The molecule has 2 aromatic carbocycles. The van der Waals surface area contributed by atoms with Crippen molar-refractivity contribution in [2.45, 2.75) is 19.1 Å². The van der Waals surface area contributed by atoms with Crippen LogP contribution in [0.5, 0.6) is 0 Å². The molecule has 3 nitrogen and oxygen atoms in total. The lowest BCUT2D eigenvalue weighted by Crippen LogP contribution is -2.39. The number of hydrogen-bond donors (Lipinski definition) is 0. The van der Waals surface area contributed by atoms with E-state index >= 15 is 0 Å². The Labute approximate surface area is 138 Å². The van der Waals surface area contributed by atoms with Crippen molar-refractivity contribution in [3.63, 3.8) is 0 Å². The number of fused-ring (bicyclic) bond motifs is 1. The van der Waals surface area contributed by atoms with Gasteiger partial charge in [0.25, 0.3) is 0 Å². The van der Waals surface area contributed by atoms with Crippen molar-refractivity contribution in [3.05, 3.63) is 65.2 Å². The van der Waals surface area contributed by atoms with Gasteiger partial charge in [-0.2, -0.15) is 13.2 Å². The number of hydrogen-bond acceptors (Lipinski definition) is 1. The summed E-state index contributed by atoms with van der Waals surface area (Å²) in [5.74, 6) is 0. The zero-order valence-corrected chi connectivity index (χ0v) is 13.2. The third-order valence-corrected chi connectivity index (χ3v) is 4.15. The van der Waals surface area contributed by atoms with E-state index in [9.17, 15) is 18.0 Å². The predicted molar refractivity (Wildman–Crippen MR) is 85.8 cm³/mol. The predicted octanol–water partition coefficient (Wildman–Crippen LogP) is 4.32. The first kappa shape index (κ1) is 16.4. The number of nitrogens with zero attached hydrogens (tertiary/aromatic N) is 2. The molecule has 2 amide bonds. The Morgan fingerprint density at radius 3 is 2.46 bits per heavy atom. The van der Waals surface area contributed by atoms with E-state index in [1.165, 1.54) is 17.0 Å². The maximum atomic E-state index is 12.6. The topological polar surface area (TPSA) is 23.6 Å². The van der Waals surface area contributed by atoms with Crippen molar-refractivity contribution in [1.29, 1.82) is 0 Å². The average Bonchev–Trinajstić information content (AvgIpc) is 2.97. The molecule has 0 N–H and O–H groups in total. The van der Waals surface area contributed by atoms with Gasteiger partial charge in [0, 0.05) is 25.8 Å². The molecule has 0 aliphatic carbocycles. The molecule has 2 aromatic rings. The molecule has 0 spiro atoms. The molecule has 3 rings (SSSR count). The van der Waals surface area contributed by atoms with E-state index in [-0.39, 0.29) is 12.6 Å². The van der Waals surface area contributed by atoms with Gasteiger partial charge in [-0.3, -0.25) is 4.90 Å². The van der Waals surface area contributed by atoms with Gasteiger partial charge < -0.3 is 4.90 Å². The minimum atomic E-state index is -4.35. The van der Waals surface area contributed by atoms with E-state index in [0.717, 1.165) is 29.8 Å². The fourth-order valence-electron chi connectivity index (χ4n) is 2.88. The third-order valence-electron chi connectivity index (χ3n) is 4.15. The minimum Gasteiger partial charge on any atom is -0.323 e. The molecule has 126 valence electrons. The van der Waals surface area contributed by atoms with Crippen LogP contribution in [-0.2, 0) is 19.1 Å². The van der Waals surface area contributed by atoms with E-state index in [0.29, 0.717) is 12.1 Å². The highest BCUT2D eigenvalue weighted by atomic mass is 19.4. The van der Waals surface area contributed by atoms with Crippen molar-refractivity contribution in [2.24, 2.45) is 0 Å². The quantitative estimate of drug-likeness (QED) is 0.802. The summed E-state index contributed by atoms with van der Waals surface area (Å²) in [6.07, 6.45) is -3.53. The van der Waals surface area contributed by atoms with Crippen LogP contribution in [-0.4, -0.2) is 24.5 Å². The minimum absolute atomic E-state index is 0.153. The van der Waals surface area contributed by atoms with Crippen LogP contribution in [0.3, 0.4) is 0 Å². The summed E-state index contributed by atoms with van der Waals surface area (Å²) in [6, 6.07) is 12.5. The first-order valence-electron chi connectivity index (χ1n) is 7.63.